The van der Waals surface area contributed by atoms with Gasteiger partial charge in [0.25, 0.3) is 15.9 Å². The van der Waals surface area contributed by atoms with E-state index >= 15 is 0 Å². The summed E-state index contributed by atoms with van der Waals surface area (Å²) in [5.74, 6) is 0.676. The Morgan fingerprint density at radius 2 is 1.81 bits per heavy atom. The molecule has 1 heterocycles. The molecule has 7 nitrogen and oxygen atoms in total. The molecule has 0 aromatic heterocycles. The summed E-state index contributed by atoms with van der Waals surface area (Å²) in [6.07, 6.45) is 1.67. The van der Waals surface area contributed by atoms with Crippen molar-refractivity contribution in [3.63, 3.8) is 0 Å². The van der Waals surface area contributed by atoms with E-state index < -0.39 is 10.0 Å². The molecule has 0 radical (unpaired) electrons. The fourth-order valence-corrected chi connectivity index (χ4v) is 6.13. The average Bonchev–Trinajstić information content (AvgIpc) is 3.16. The van der Waals surface area contributed by atoms with Crippen molar-refractivity contribution >= 4 is 66.5 Å². The van der Waals surface area contributed by atoms with Crippen LogP contribution in [0.25, 0.3) is 6.08 Å². The standard InChI is InChI=1S/C26H22BrClN2O5S2/c1-3-30-25(31)24(36-26(30)29-37(32,33)20-11-9-19(27)10-12-20)15-17-8-13-22(34-2)23(14-17)35-16-18-6-4-5-7-21(18)28/h4-15H,3,16H2,1-2H3. The molecule has 3 aromatic carbocycles. The van der Waals surface area contributed by atoms with Crippen LogP contribution in [0.3, 0.4) is 0 Å². The van der Waals surface area contributed by atoms with Crippen molar-refractivity contribution in [2.75, 3.05) is 13.7 Å². The van der Waals surface area contributed by atoms with Crippen molar-refractivity contribution in [1.82, 2.24) is 4.90 Å². The summed E-state index contributed by atoms with van der Waals surface area (Å²) in [5, 5.41) is 0.697. The first-order valence-corrected chi connectivity index (χ1v) is 14.5. The highest BCUT2D eigenvalue weighted by atomic mass is 79.9. The highest BCUT2D eigenvalue weighted by Crippen LogP contribution is 2.36. The maximum Gasteiger partial charge on any atom is 0.284 e. The van der Waals surface area contributed by atoms with Crippen LogP contribution in [0, 0.1) is 0 Å². The van der Waals surface area contributed by atoms with Crippen LogP contribution in [-0.4, -0.2) is 38.0 Å². The van der Waals surface area contributed by atoms with E-state index in [9.17, 15) is 13.2 Å². The molecule has 1 saturated heterocycles. The second kappa shape index (κ2) is 11.7. The number of carbonyl (C=O) groups excluding carboxylic acids is 1. The monoisotopic (exact) mass is 620 g/mol. The molecule has 1 amide bonds. The SMILES string of the molecule is CCN1C(=O)C(=Cc2ccc(OC)c(OCc3ccccc3Cl)c2)SC1=NS(=O)(=O)c1ccc(Br)cc1. The third-order valence-electron chi connectivity index (χ3n) is 5.34. The summed E-state index contributed by atoms with van der Waals surface area (Å²) in [6, 6.07) is 18.8. The van der Waals surface area contributed by atoms with Gasteiger partial charge in [-0.3, -0.25) is 9.69 Å². The minimum atomic E-state index is -4.00. The van der Waals surface area contributed by atoms with Gasteiger partial charge >= 0.3 is 0 Å². The van der Waals surface area contributed by atoms with Crippen molar-refractivity contribution in [1.29, 1.82) is 0 Å². The molecule has 192 valence electrons. The molecule has 1 fully saturated rings. The predicted octanol–water partition coefficient (Wildman–Crippen LogP) is 6.37. The van der Waals surface area contributed by atoms with Gasteiger partial charge in [0.15, 0.2) is 16.7 Å². The smallest absolute Gasteiger partial charge is 0.284 e. The summed E-state index contributed by atoms with van der Waals surface area (Å²) < 4.78 is 41.8. The zero-order valence-corrected chi connectivity index (χ0v) is 23.8. The van der Waals surface area contributed by atoms with Gasteiger partial charge in [0.2, 0.25) is 0 Å². The van der Waals surface area contributed by atoms with Crippen LogP contribution in [0.5, 0.6) is 11.5 Å². The minimum absolute atomic E-state index is 0.0418. The van der Waals surface area contributed by atoms with Crippen LogP contribution in [0.4, 0.5) is 0 Å². The lowest BCUT2D eigenvalue weighted by Gasteiger charge is -2.12. The lowest BCUT2D eigenvalue weighted by atomic mass is 10.1. The summed E-state index contributed by atoms with van der Waals surface area (Å²) in [6.45, 7) is 2.27. The van der Waals surface area contributed by atoms with Crippen LogP contribution < -0.4 is 9.47 Å². The van der Waals surface area contributed by atoms with E-state index in [-0.39, 0.29) is 29.1 Å². The Labute approximate surface area is 233 Å². The lowest BCUT2D eigenvalue weighted by Crippen LogP contribution is -2.29. The van der Waals surface area contributed by atoms with E-state index in [0.29, 0.717) is 27.0 Å². The number of likely N-dealkylation sites (N-methyl/N-ethyl adjacent to an activating group) is 1. The highest BCUT2D eigenvalue weighted by molar-refractivity contribution is 9.10. The molecule has 0 N–H and O–H groups in total. The van der Waals surface area contributed by atoms with Crippen LogP contribution in [-0.2, 0) is 21.4 Å². The van der Waals surface area contributed by atoms with Crippen LogP contribution >= 0.6 is 39.3 Å². The number of nitrogens with zero attached hydrogens (tertiary/aromatic N) is 2. The van der Waals surface area contributed by atoms with E-state index in [1.807, 2.05) is 18.2 Å². The Kier molecular flexibility index (Phi) is 8.63. The van der Waals surface area contributed by atoms with E-state index in [1.54, 1.807) is 56.5 Å². The van der Waals surface area contributed by atoms with Gasteiger partial charge < -0.3 is 9.47 Å². The lowest BCUT2D eigenvalue weighted by molar-refractivity contribution is -0.122. The molecule has 1 aliphatic heterocycles. The molecule has 1 aliphatic rings. The predicted molar refractivity (Wildman–Crippen MR) is 150 cm³/mol. The van der Waals surface area contributed by atoms with Crippen molar-refractivity contribution in [3.05, 3.63) is 92.3 Å². The quantitative estimate of drug-likeness (QED) is 0.272. The molecule has 11 heteroatoms. The maximum absolute atomic E-state index is 13.1. The van der Waals surface area contributed by atoms with Crippen molar-refractivity contribution in [2.45, 2.75) is 18.4 Å². The third kappa shape index (κ3) is 6.38. The number of amides is 1. The topological polar surface area (TPSA) is 85.3 Å². The number of thioether (sulfide) groups is 1. The Hall–Kier alpha value is -2.79. The number of carbonyl (C=O) groups is 1. The molecular formula is C26H22BrClN2O5S2. The molecule has 0 unspecified atom stereocenters. The zero-order valence-electron chi connectivity index (χ0n) is 19.9. The number of benzene rings is 3. The van der Waals surface area contributed by atoms with Crippen molar-refractivity contribution < 1.29 is 22.7 Å². The minimum Gasteiger partial charge on any atom is -0.493 e. The van der Waals surface area contributed by atoms with Crippen molar-refractivity contribution in [3.8, 4) is 11.5 Å². The van der Waals surface area contributed by atoms with Crippen LogP contribution in [0.15, 0.2) is 85.4 Å². The van der Waals surface area contributed by atoms with E-state index in [0.717, 1.165) is 21.8 Å². The van der Waals surface area contributed by atoms with Gasteiger partial charge in [0.1, 0.15) is 6.61 Å². The van der Waals surface area contributed by atoms with Crippen LogP contribution in [0.1, 0.15) is 18.1 Å². The third-order valence-corrected chi connectivity index (χ3v) is 8.64. The van der Waals surface area contributed by atoms with E-state index in [1.165, 1.54) is 17.0 Å². The number of sulfonamides is 1. The van der Waals surface area contributed by atoms with E-state index in [2.05, 4.69) is 20.3 Å². The second-order valence-corrected chi connectivity index (χ2v) is 11.7. The first kappa shape index (κ1) is 27.3. The zero-order chi connectivity index (χ0) is 26.6. The molecule has 0 aliphatic carbocycles. The molecule has 3 aromatic rings. The summed E-state index contributed by atoms with van der Waals surface area (Å²) in [4.78, 5) is 14.8. The van der Waals surface area contributed by atoms with Gasteiger partial charge in [-0.1, -0.05) is 51.8 Å². The molecular weight excluding hydrogens is 600 g/mol. The van der Waals surface area contributed by atoms with Gasteiger partial charge in [-0.25, -0.2) is 0 Å². The first-order valence-electron chi connectivity index (χ1n) is 11.1. The Morgan fingerprint density at radius 3 is 2.49 bits per heavy atom. The molecule has 0 bridgehead atoms. The Morgan fingerprint density at radius 1 is 1.08 bits per heavy atom. The number of ether oxygens (including phenoxy) is 2. The molecule has 0 atom stereocenters. The molecule has 0 saturated carbocycles. The number of hydrogen-bond acceptors (Lipinski definition) is 6. The summed E-state index contributed by atoms with van der Waals surface area (Å²) in [5.41, 5.74) is 1.50. The average molecular weight is 622 g/mol. The number of hydrogen-bond donors (Lipinski definition) is 0. The van der Waals surface area contributed by atoms with Gasteiger partial charge in [-0.2, -0.15) is 8.42 Å². The van der Waals surface area contributed by atoms with Crippen LogP contribution in [0.2, 0.25) is 5.02 Å². The fourth-order valence-electron chi connectivity index (χ4n) is 3.44. The van der Waals surface area contributed by atoms with Gasteiger partial charge in [-0.15, -0.1) is 4.40 Å². The van der Waals surface area contributed by atoms with Gasteiger partial charge in [-0.05, 0) is 72.8 Å². The number of methoxy groups -OCH3 is 1. The van der Waals surface area contributed by atoms with Gasteiger partial charge in [0, 0.05) is 21.6 Å². The second-order valence-electron chi connectivity index (χ2n) is 7.75. The Bertz CT molecular complexity index is 1490. The maximum atomic E-state index is 13.1. The highest BCUT2D eigenvalue weighted by Gasteiger charge is 2.34. The number of halogens is 2. The molecule has 4 rings (SSSR count). The Balaban J connectivity index is 1.61. The fraction of sp³-hybridized carbons (Fsp3) is 0.154. The normalized spacial score (nSPS) is 16.0. The number of amidine groups is 1. The largest absolute Gasteiger partial charge is 0.493 e. The van der Waals surface area contributed by atoms with Crippen molar-refractivity contribution in [2.24, 2.45) is 4.40 Å². The molecule has 37 heavy (non-hydrogen) atoms. The van der Waals surface area contributed by atoms with E-state index in [4.69, 9.17) is 21.1 Å². The summed E-state index contributed by atoms with van der Waals surface area (Å²) in [7, 11) is -2.46. The molecule has 0 spiro atoms. The van der Waals surface area contributed by atoms with Gasteiger partial charge in [0.05, 0.1) is 16.9 Å². The summed E-state index contributed by atoms with van der Waals surface area (Å²) >= 11 is 10.5. The number of rotatable bonds is 8. The first-order chi connectivity index (χ1) is 17.7.